The minimum Gasteiger partial charge on any atom is -0.362 e. The van der Waals surface area contributed by atoms with Crippen molar-refractivity contribution in [1.29, 1.82) is 0 Å². The smallest absolute Gasteiger partial charge is 0.290 e. The summed E-state index contributed by atoms with van der Waals surface area (Å²) in [5.74, 6) is 1.03. The van der Waals surface area contributed by atoms with Crippen molar-refractivity contribution in [1.82, 2.24) is 9.97 Å². The number of rotatable bonds is 5. The molecule has 21 heavy (non-hydrogen) atoms. The summed E-state index contributed by atoms with van der Waals surface area (Å²) in [5.41, 5.74) is 1.58. The molecular formula is C14H18N4O2S. The van der Waals surface area contributed by atoms with Gasteiger partial charge in [-0.05, 0) is 19.9 Å². The van der Waals surface area contributed by atoms with Gasteiger partial charge in [-0.3, -0.25) is 10.1 Å². The SMILES string of the molecule is Cc1cc(NC(C)c2csc(C(C)C)n2)ncc1[N+](=O)[O-]. The highest BCUT2D eigenvalue weighted by molar-refractivity contribution is 7.09. The second-order valence-electron chi connectivity index (χ2n) is 5.24. The molecule has 2 aromatic rings. The minimum absolute atomic E-state index is 0.00195. The van der Waals surface area contributed by atoms with Crippen LogP contribution in [0.3, 0.4) is 0 Å². The molecule has 6 nitrogen and oxygen atoms in total. The second kappa shape index (κ2) is 6.17. The van der Waals surface area contributed by atoms with Gasteiger partial charge in [0, 0.05) is 16.9 Å². The average Bonchev–Trinajstić information content (AvgIpc) is 2.88. The van der Waals surface area contributed by atoms with Crippen molar-refractivity contribution in [3.8, 4) is 0 Å². The van der Waals surface area contributed by atoms with Crippen LogP contribution in [0, 0.1) is 17.0 Å². The van der Waals surface area contributed by atoms with Gasteiger partial charge in [0.15, 0.2) is 0 Å². The summed E-state index contributed by atoms with van der Waals surface area (Å²) in [6, 6.07) is 1.69. The largest absolute Gasteiger partial charge is 0.362 e. The molecule has 1 unspecified atom stereocenters. The van der Waals surface area contributed by atoms with E-state index < -0.39 is 4.92 Å². The normalized spacial score (nSPS) is 12.4. The molecule has 0 aliphatic carbocycles. The van der Waals surface area contributed by atoms with E-state index in [4.69, 9.17) is 0 Å². The Labute approximate surface area is 127 Å². The number of aromatic nitrogens is 2. The molecule has 0 aliphatic rings. The Balaban J connectivity index is 2.13. The van der Waals surface area contributed by atoms with Gasteiger partial charge in [-0.15, -0.1) is 11.3 Å². The summed E-state index contributed by atoms with van der Waals surface area (Å²) in [6.07, 6.45) is 1.28. The van der Waals surface area contributed by atoms with Crippen molar-refractivity contribution in [2.45, 2.75) is 39.7 Å². The first kappa shape index (κ1) is 15.4. The highest BCUT2D eigenvalue weighted by Crippen LogP contribution is 2.26. The third-order valence-electron chi connectivity index (χ3n) is 3.12. The molecule has 1 N–H and O–H groups in total. The molecule has 1 atom stereocenters. The predicted octanol–water partition coefficient (Wildman–Crippen LogP) is 4.05. The molecule has 2 aromatic heterocycles. The van der Waals surface area contributed by atoms with E-state index >= 15 is 0 Å². The first-order valence-electron chi connectivity index (χ1n) is 6.71. The summed E-state index contributed by atoms with van der Waals surface area (Å²) in [5, 5.41) is 17.1. The quantitative estimate of drug-likeness (QED) is 0.665. The van der Waals surface area contributed by atoms with Crippen molar-refractivity contribution < 1.29 is 4.92 Å². The lowest BCUT2D eigenvalue weighted by Gasteiger charge is -2.12. The van der Waals surface area contributed by atoms with Gasteiger partial charge in [-0.2, -0.15) is 0 Å². The second-order valence-corrected chi connectivity index (χ2v) is 6.13. The van der Waals surface area contributed by atoms with Crippen molar-refractivity contribution in [3.05, 3.63) is 44.0 Å². The lowest BCUT2D eigenvalue weighted by Crippen LogP contribution is -2.09. The lowest BCUT2D eigenvalue weighted by molar-refractivity contribution is -0.385. The number of pyridine rings is 1. The van der Waals surface area contributed by atoms with E-state index in [-0.39, 0.29) is 11.7 Å². The van der Waals surface area contributed by atoms with E-state index in [2.05, 4.69) is 29.1 Å². The van der Waals surface area contributed by atoms with Crippen LogP contribution in [0.5, 0.6) is 0 Å². The Morgan fingerprint density at radius 3 is 2.62 bits per heavy atom. The molecule has 0 bridgehead atoms. The molecule has 2 rings (SSSR count). The van der Waals surface area contributed by atoms with Crippen molar-refractivity contribution in [2.75, 3.05) is 5.32 Å². The summed E-state index contributed by atoms with van der Waals surface area (Å²) in [6.45, 7) is 7.93. The maximum Gasteiger partial charge on any atom is 0.290 e. The Morgan fingerprint density at radius 2 is 2.10 bits per heavy atom. The number of nitro groups is 1. The van der Waals surface area contributed by atoms with Crippen LogP contribution < -0.4 is 5.32 Å². The third-order valence-corrected chi connectivity index (χ3v) is 4.29. The topological polar surface area (TPSA) is 81.0 Å². The van der Waals surface area contributed by atoms with E-state index in [0.717, 1.165) is 10.7 Å². The highest BCUT2D eigenvalue weighted by atomic mass is 32.1. The van der Waals surface area contributed by atoms with Crippen molar-refractivity contribution in [3.63, 3.8) is 0 Å². The fraction of sp³-hybridized carbons (Fsp3) is 0.429. The van der Waals surface area contributed by atoms with Gasteiger partial charge in [-0.25, -0.2) is 9.97 Å². The number of anilines is 1. The molecule has 0 spiro atoms. The Bertz CT molecular complexity index is 654. The Hall–Kier alpha value is -2.02. The molecule has 112 valence electrons. The summed E-state index contributed by atoms with van der Waals surface area (Å²) in [7, 11) is 0. The van der Waals surface area contributed by atoms with E-state index in [9.17, 15) is 10.1 Å². The lowest BCUT2D eigenvalue weighted by atomic mass is 10.2. The third kappa shape index (κ3) is 3.55. The number of aryl methyl sites for hydroxylation is 1. The van der Waals surface area contributed by atoms with E-state index in [1.54, 1.807) is 24.3 Å². The van der Waals surface area contributed by atoms with Gasteiger partial charge >= 0.3 is 0 Å². The predicted molar refractivity (Wildman–Crippen MR) is 83.9 cm³/mol. The zero-order valence-corrected chi connectivity index (χ0v) is 13.3. The van der Waals surface area contributed by atoms with Gasteiger partial charge in [0.2, 0.25) is 0 Å². The molecule has 0 radical (unpaired) electrons. The number of hydrogen-bond acceptors (Lipinski definition) is 6. The Kier molecular flexibility index (Phi) is 4.52. The van der Waals surface area contributed by atoms with Gasteiger partial charge in [0.25, 0.3) is 5.69 Å². The molecule has 7 heteroatoms. The monoisotopic (exact) mass is 306 g/mol. The van der Waals surface area contributed by atoms with Crippen LogP contribution in [0.25, 0.3) is 0 Å². The maximum absolute atomic E-state index is 10.8. The van der Waals surface area contributed by atoms with Gasteiger partial charge in [0.05, 0.1) is 21.7 Å². The minimum atomic E-state index is -0.426. The van der Waals surface area contributed by atoms with Crippen molar-refractivity contribution >= 4 is 22.8 Å². The molecule has 0 fully saturated rings. The molecule has 0 saturated carbocycles. The summed E-state index contributed by atoms with van der Waals surface area (Å²) in [4.78, 5) is 19.0. The molecule has 2 heterocycles. The van der Waals surface area contributed by atoms with Gasteiger partial charge in [-0.1, -0.05) is 13.8 Å². The summed E-state index contributed by atoms with van der Waals surface area (Å²) < 4.78 is 0. The van der Waals surface area contributed by atoms with Crippen LogP contribution in [0.4, 0.5) is 11.5 Å². The van der Waals surface area contributed by atoms with E-state index in [0.29, 0.717) is 17.3 Å². The number of nitrogens with one attached hydrogen (secondary N) is 1. The van der Waals surface area contributed by atoms with Crippen LogP contribution in [-0.4, -0.2) is 14.9 Å². The first-order chi connectivity index (χ1) is 9.88. The van der Waals surface area contributed by atoms with Gasteiger partial charge in [0.1, 0.15) is 12.0 Å². The van der Waals surface area contributed by atoms with E-state index in [1.165, 1.54) is 6.20 Å². The first-order valence-corrected chi connectivity index (χ1v) is 7.59. The van der Waals surface area contributed by atoms with Crippen LogP contribution in [-0.2, 0) is 0 Å². The molecule has 0 aliphatic heterocycles. The maximum atomic E-state index is 10.8. The van der Waals surface area contributed by atoms with Crippen LogP contribution in [0.15, 0.2) is 17.6 Å². The zero-order valence-electron chi connectivity index (χ0n) is 12.5. The summed E-state index contributed by atoms with van der Waals surface area (Å²) >= 11 is 1.65. The molecular weight excluding hydrogens is 288 g/mol. The molecule has 0 saturated heterocycles. The zero-order chi connectivity index (χ0) is 15.6. The number of nitrogens with zero attached hydrogens (tertiary/aromatic N) is 3. The van der Waals surface area contributed by atoms with Crippen LogP contribution in [0.1, 0.15) is 49.0 Å². The van der Waals surface area contributed by atoms with Crippen LogP contribution >= 0.6 is 11.3 Å². The standard InChI is InChI=1S/C14H18N4O2S/c1-8(2)14-17-11(7-21-14)10(4)16-13-5-9(3)12(6-15-13)18(19)20/h5-8,10H,1-4H3,(H,15,16). The number of hydrogen-bond donors (Lipinski definition) is 1. The van der Waals surface area contributed by atoms with Crippen LogP contribution in [0.2, 0.25) is 0 Å². The van der Waals surface area contributed by atoms with E-state index in [1.807, 2.05) is 12.3 Å². The fourth-order valence-electron chi connectivity index (χ4n) is 1.88. The molecule has 0 amide bonds. The highest BCUT2D eigenvalue weighted by Gasteiger charge is 2.15. The van der Waals surface area contributed by atoms with Crippen molar-refractivity contribution in [2.24, 2.45) is 0 Å². The van der Waals surface area contributed by atoms with Gasteiger partial charge < -0.3 is 5.32 Å². The average molecular weight is 306 g/mol. The molecule has 0 aromatic carbocycles. The number of thiazole rings is 1. The Morgan fingerprint density at radius 1 is 1.38 bits per heavy atom. The fourth-order valence-corrected chi connectivity index (χ4v) is 2.81.